The van der Waals surface area contributed by atoms with Crippen LogP contribution in [0.1, 0.15) is 51.5 Å². The van der Waals surface area contributed by atoms with E-state index in [1.54, 1.807) is 25.1 Å². The highest BCUT2D eigenvalue weighted by Crippen LogP contribution is 2.36. The summed E-state index contributed by atoms with van der Waals surface area (Å²) >= 11 is 6.42. The van der Waals surface area contributed by atoms with E-state index in [0.29, 0.717) is 5.69 Å². The largest absolute Gasteiger partial charge is 0.494 e. The molecule has 1 fully saturated rings. The van der Waals surface area contributed by atoms with Crippen molar-refractivity contribution in [2.75, 3.05) is 11.9 Å². The van der Waals surface area contributed by atoms with Crippen molar-refractivity contribution in [3.05, 3.63) is 41.2 Å². The van der Waals surface area contributed by atoms with Crippen molar-refractivity contribution in [1.82, 2.24) is 4.57 Å². The summed E-state index contributed by atoms with van der Waals surface area (Å²) < 4.78 is 18.8. The molecule has 1 aliphatic rings. The predicted molar refractivity (Wildman–Crippen MR) is 121 cm³/mol. The molecule has 0 unspecified atom stereocenters. The first kappa shape index (κ1) is 23.9. The summed E-state index contributed by atoms with van der Waals surface area (Å²) in [6, 6.07) is 10.4. The Hall–Kier alpha value is -2.80. The molecule has 2 aromatic rings. The molecule has 2 heterocycles. The van der Waals surface area contributed by atoms with Crippen molar-refractivity contribution in [2.24, 2.45) is 0 Å². The van der Waals surface area contributed by atoms with Crippen LogP contribution in [0.2, 0.25) is 5.15 Å². The number of ether oxygens (including phenoxy) is 1. The van der Waals surface area contributed by atoms with Crippen LogP contribution in [0.5, 0.6) is 0 Å². The molecule has 0 spiro atoms. The molecule has 10 heteroatoms. The molecule has 8 nitrogen and oxygen atoms in total. The maximum absolute atomic E-state index is 12.7. The summed E-state index contributed by atoms with van der Waals surface area (Å²) in [4.78, 5) is 24.6. The van der Waals surface area contributed by atoms with E-state index in [9.17, 15) is 9.59 Å². The fourth-order valence-corrected chi connectivity index (χ4v) is 3.54. The Balaban J connectivity index is 1.97. The van der Waals surface area contributed by atoms with Crippen molar-refractivity contribution >= 4 is 41.7 Å². The number of hydrogen-bond donors (Lipinski definition) is 1. The topological polar surface area (TPSA) is 103 Å². The lowest BCUT2D eigenvalue weighted by Gasteiger charge is -2.32. The number of nitrogens with zero attached hydrogens (tertiary/aromatic N) is 2. The zero-order valence-corrected chi connectivity index (χ0v) is 19.4. The van der Waals surface area contributed by atoms with E-state index in [1.165, 1.54) is 10.6 Å². The van der Waals surface area contributed by atoms with Gasteiger partial charge >= 0.3 is 13.1 Å². The van der Waals surface area contributed by atoms with E-state index in [4.69, 9.17) is 30.9 Å². The van der Waals surface area contributed by atoms with Gasteiger partial charge in [-0.15, -0.1) is 0 Å². The molecule has 0 atom stereocenters. The van der Waals surface area contributed by atoms with Crippen LogP contribution in [-0.2, 0) is 18.8 Å². The Kier molecular flexibility index (Phi) is 6.70. The summed E-state index contributed by atoms with van der Waals surface area (Å²) in [5.41, 5.74) is 0.701. The Morgan fingerprint density at radius 1 is 1.19 bits per heavy atom. The Bertz CT molecular complexity index is 1060. The SMILES string of the molecule is CCOC(=O)c1c(NC(=O)CC#N)cc(Cl)n1-c1ccc(B2OC(C)(C)C(C)(C)O2)cc1. The summed E-state index contributed by atoms with van der Waals surface area (Å²) in [5, 5.41) is 11.5. The molecular formula is C22H25BClN3O5. The van der Waals surface area contributed by atoms with E-state index in [-0.39, 0.29) is 29.6 Å². The number of halogens is 1. The number of rotatable bonds is 6. The molecule has 0 saturated carbocycles. The van der Waals surface area contributed by atoms with Crippen LogP contribution in [0, 0.1) is 11.3 Å². The summed E-state index contributed by atoms with van der Waals surface area (Å²) in [7, 11) is -0.528. The maximum Gasteiger partial charge on any atom is 0.494 e. The highest BCUT2D eigenvalue weighted by molar-refractivity contribution is 6.62. The zero-order chi connectivity index (χ0) is 23.7. The van der Waals surface area contributed by atoms with Crippen molar-refractivity contribution in [3.63, 3.8) is 0 Å². The third-order valence-corrected chi connectivity index (χ3v) is 5.89. The average molecular weight is 458 g/mol. The van der Waals surface area contributed by atoms with Gasteiger partial charge in [0.15, 0.2) is 5.69 Å². The summed E-state index contributed by atoms with van der Waals surface area (Å²) in [6.45, 7) is 9.75. The zero-order valence-electron chi connectivity index (χ0n) is 18.7. The Morgan fingerprint density at radius 2 is 1.78 bits per heavy atom. The van der Waals surface area contributed by atoms with Crippen molar-refractivity contribution in [3.8, 4) is 11.8 Å². The third-order valence-electron chi connectivity index (χ3n) is 5.61. The fraction of sp³-hybridized carbons (Fsp3) is 0.409. The predicted octanol–water partition coefficient (Wildman–Crippen LogP) is 3.46. The first-order valence-electron chi connectivity index (χ1n) is 10.2. The molecule has 1 N–H and O–H groups in total. The number of anilines is 1. The molecule has 1 aromatic heterocycles. The van der Waals surface area contributed by atoms with Crippen molar-refractivity contribution < 1.29 is 23.6 Å². The average Bonchev–Trinajstić information content (AvgIpc) is 3.14. The molecule has 3 rings (SSSR count). The lowest BCUT2D eigenvalue weighted by atomic mass is 9.79. The second-order valence-corrected chi connectivity index (χ2v) is 8.74. The number of carbonyl (C=O) groups excluding carboxylic acids is 2. The van der Waals surface area contributed by atoms with Gasteiger partial charge in [0.1, 0.15) is 11.6 Å². The minimum absolute atomic E-state index is 0.0616. The summed E-state index contributed by atoms with van der Waals surface area (Å²) in [5.74, 6) is -1.20. The van der Waals surface area contributed by atoms with Crippen molar-refractivity contribution in [2.45, 2.75) is 52.2 Å². The number of carbonyl (C=O) groups is 2. The van der Waals surface area contributed by atoms with Crippen LogP contribution in [0.3, 0.4) is 0 Å². The molecule has 168 valence electrons. The van der Waals surface area contributed by atoms with Crippen molar-refractivity contribution in [1.29, 1.82) is 5.26 Å². The standard InChI is InChI=1S/C22H25BClN3O5/c1-6-30-20(29)19-16(26-18(28)11-12-25)13-17(24)27(19)15-9-7-14(8-10-15)23-31-21(2,3)22(4,5)32-23/h7-10,13H,6,11H2,1-5H3,(H,26,28). The fourth-order valence-electron chi connectivity index (χ4n) is 3.25. The maximum atomic E-state index is 12.7. The van der Waals surface area contributed by atoms with Gasteiger partial charge in [-0.2, -0.15) is 5.26 Å². The normalized spacial score (nSPS) is 16.5. The summed E-state index contributed by atoms with van der Waals surface area (Å²) in [6.07, 6.45) is -0.353. The molecule has 32 heavy (non-hydrogen) atoms. The molecular weight excluding hydrogens is 433 g/mol. The van der Waals surface area contributed by atoms with Gasteiger partial charge in [-0.1, -0.05) is 23.7 Å². The van der Waals surface area contributed by atoms with Gasteiger partial charge in [0, 0.05) is 5.69 Å². The molecule has 0 aliphatic carbocycles. The van der Waals surface area contributed by atoms with Gasteiger partial charge in [0.05, 0.1) is 29.6 Å². The van der Waals surface area contributed by atoms with Gasteiger partial charge in [0.2, 0.25) is 5.91 Å². The van der Waals surface area contributed by atoms with E-state index < -0.39 is 30.2 Å². The minimum Gasteiger partial charge on any atom is -0.461 e. The van der Waals surface area contributed by atoms with E-state index in [1.807, 2.05) is 39.8 Å². The molecule has 1 aromatic carbocycles. The molecule has 0 radical (unpaired) electrons. The number of hydrogen-bond acceptors (Lipinski definition) is 6. The first-order valence-corrected chi connectivity index (χ1v) is 10.6. The first-order chi connectivity index (χ1) is 15.0. The lowest BCUT2D eigenvalue weighted by Crippen LogP contribution is -2.41. The smallest absolute Gasteiger partial charge is 0.461 e. The van der Waals surface area contributed by atoms with E-state index in [0.717, 1.165) is 5.46 Å². The van der Waals surface area contributed by atoms with E-state index >= 15 is 0 Å². The van der Waals surface area contributed by atoms with Gasteiger partial charge < -0.3 is 19.4 Å². The minimum atomic E-state index is -0.651. The second kappa shape index (κ2) is 8.98. The van der Waals surface area contributed by atoms with Crippen LogP contribution >= 0.6 is 11.6 Å². The number of aromatic nitrogens is 1. The molecule has 1 aliphatic heterocycles. The highest BCUT2D eigenvalue weighted by Gasteiger charge is 2.51. The van der Waals surface area contributed by atoms with Crippen LogP contribution in [0.25, 0.3) is 5.69 Å². The van der Waals surface area contributed by atoms with Gasteiger partial charge in [-0.3, -0.25) is 9.36 Å². The second-order valence-electron chi connectivity index (χ2n) is 8.35. The quantitative estimate of drug-likeness (QED) is 0.526. The molecule has 1 saturated heterocycles. The van der Waals surface area contributed by atoms with Crippen LogP contribution in [0.4, 0.5) is 5.69 Å². The van der Waals surface area contributed by atoms with Crippen LogP contribution in [-0.4, -0.2) is 41.4 Å². The number of amides is 1. The Labute approximate surface area is 192 Å². The van der Waals surface area contributed by atoms with Crippen LogP contribution in [0.15, 0.2) is 30.3 Å². The molecule has 1 amide bonds. The van der Waals surface area contributed by atoms with Gasteiger partial charge in [-0.05, 0) is 58.3 Å². The number of esters is 1. The molecule has 0 bridgehead atoms. The third kappa shape index (κ3) is 4.53. The number of nitriles is 1. The Morgan fingerprint density at radius 3 is 2.31 bits per heavy atom. The number of benzene rings is 1. The van der Waals surface area contributed by atoms with Gasteiger partial charge in [0.25, 0.3) is 0 Å². The highest BCUT2D eigenvalue weighted by atomic mass is 35.5. The monoisotopic (exact) mass is 457 g/mol. The number of nitrogens with one attached hydrogen (secondary N) is 1. The van der Waals surface area contributed by atoms with Crippen LogP contribution < -0.4 is 10.8 Å². The van der Waals surface area contributed by atoms with Gasteiger partial charge in [-0.25, -0.2) is 4.79 Å². The lowest BCUT2D eigenvalue weighted by molar-refractivity contribution is -0.115. The van der Waals surface area contributed by atoms with E-state index in [2.05, 4.69) is 5.32 Å².